The zero-order valence-electron chi connectivity index (χ0n) is 12.3. The fraction of sp³-hybridized carbons (Fsp3) is 0.933. The Balaban J connectivity index is 1.67. The molecule has 0 spiro atoms. The average Bonchev–Trinajstić information content (AvgIpc) is 3.16. The van der Waals surface area contributed by atoms with Gasteiger partial charge in [-0.25, -0.2) is 4.79 Å². The maximum atomic E-state index is 12.4. The van der Waals surface area contributed by atoms with Crippen molar-refractivity contribution >= 4 is 6.09 Å². The molecular formula is C15H26N2O2. The van der Waals surface area contributed by atoms with Gasteiger partial charge in [0, 0.05) is 19.1 Å². The van der Waals surface area contributed by atoms with Crippen LogP contribution < -0.4 is 5.32 Å². The molecule has 1 saturated heterocycles. The Bertz CT molecular complexity index is 356. The fourth-order valence-electron chi connectivity index (χ4n) is 3.04. The summed E-state index contributed by atoms with van der Waals surface area (Å²) in [5.41, 5.74) is -0.398. The minimum absolute atomic E-state index is 0.114. The lowest BCUT2D eigenvalue weighted by Gasteiger charge is -2.41. The van der Waals surface area contributed by atoms with Crippen LogP contribution in [-0.4, -0.2) is 41.8 Å². The smallest absolute Gasteiger partial charge is 0.410 e. The Hall–Kier alpha value is -0.770. The normalized spacial score (nSPS) is 32.3. The van der Waals surface area contributed by atoms with Crippen LogP contribution in [0.4, 0.5) is 4.79 Å². The molecule has 0 aromatic carbocycles. The molecule has 3 rings (SSSR count). The highest BCUT2D eigenvalue weighted by atomic mass is 16.6. The van der Waals surface area contributed by atoms with Crippen LogP contribution >= 0.6 is 0 Å². The zero-order chi connectivity index (χ0) is 13.6. The van der Waals surface area contributed by atoms with Gasteiger partial charge < -0.3 is 15.0 Å². The molecule has 1 aliphatic heterocycles. The van der Waals surface area contributed by atoms with E-state index in [1.54, 1.807) is 0 Å². The van der Waals surface area contributed by atoms with Gasteiger partial charge in [0.25, 0.3) is 0 Å². The summed E-state index contributed by atoms with van der Waals surface area (Å²) in [5.74, 6) is 1.48. The standard InChI is InChI=1S/C15H26N2O2/c1-15(2,3)19-14(18)17-9-12(10-4-5-10)16-8-13(17)11-6-7-11/h10-13,16H,4-9H2,1-3H3/t12-,13+/m1/s1. The third kappa shape index (κ3) is 3.22. The van der Waals surface area contributed by atoms with Crippen LogP contribution in [0.5, 0.6) is 0 Å². The third-order valence-corrected chi connectivity index (χ3v) is 4.37. The van der Waals surface area contributed by atoms with Crippen molar-refractivity contribution in [2.24, 2.45) is 11.8 Å². The number of hydrogen-bond acceptors (Lipinski definition) is 3. The Morgan fingerprint density at radius 2 is 1.79 bits per heavy atom. The molecule has 1 heterocycles. The zero-order valence-corrected chi connectivity index (χ0v) is 12.3. The Morgan fingerprint density at radius 3 is 2.32 bits per heavy atom. The molecule has 0 radical (unpaired) electrons. The summed E-state index contributed by atoms with van der Waals surface area (Å²) in [4.78, 5) is 14.4. The lowest BCUT2D eigenvalue weighted by Crippen LogP contribution is -2.60. The van der Waals surface area contributed by atoms with Crippen molar-refractivity contribution in [3.05, 3.63) is 0 Å². The maximum Gasteiger partial charge on any atom is 0.410 e. The van der Waals surface area contributed by atoms with Gasteiger partial charge in [0.2, 0.25) is 0 Å². The predicted molar refractivity (Wildman–Crippen MR) is 74.0 cm³/mol. The summed E-state index contributed by atoms with van der Waals surface area (Å²) in [5, 5.41) is 3.65. The van der Waals surface area contributed by atoms with Gasteiger partial charge in [-0.05, 0) is 58.3 Å². The van der Waals surface area contributed by atoms with Crippen molar-refractivity contribution in [3.63, 3.8) is 0 Å². The Morgan fingerprint density at radius 1 is 1.16 bits per heavy atom. The molecule has 0 bridgehead atoms. The number of rotatable bonds is 2. The summed E-state index contributed by atoms with van der Waals surface area (Å²) in [7, 11) is 0. The summed E-state index contributed by atoms with van der Waals surface area (Å²) >= 11 is 0. The van der Waals surface area contributed by atoms with Gasteiger partial charge in [-0.1, -0.05) is 0 Å². The molecule has 2 atom stereocenters. The first-order valence-corrected chi connectivity index (χ1v) is 7.67. The van der Waals surface area contributed by atoms with Crippen LogP contribution in [0.25, 0.3) is 0 Å². The molecule has 3 aliphatic rings. The highest BCUT2D eigenvalue weighted by Gasteiger charge is 2.45. The van der Waals surface area contributed by atoms with E-state index in [2.05, 4.69) is 5.32 Å². The molecular weight excluding hydrogens is 240 g/mol. The summed E-state index contributed by atoms with van der Waals surface area (Å²) in [6.45, 7) is 7.61. The van der Waals surface area contributed by atoms with Gasteiger partial charge in [0.1, 0.15) is 5.60 Å². The molecule has 0 aromatic heterocycles. The molecule has 4 nitrogen and oxygen atoms in total. The molecule has 2 saturated carbocycles. The number of amides is 1. The number of carbonyl (C=O) groups is 1. The molecule has 19 heavy (non-hydrogen) atoms. The largest absolute Gasteiger partial charge is 0.444 e. The molecule has 0 unspecified atom stereocenters. The first-order chi connectivity index (χ1) is 8.94. The maximum absolute atomic E-state index is 12.4. The van der Waals surface area contributed by atoms with E-state index >= 15 is 0 Å². The number of ether oxygens (including phenoxy) is 1. The molecule has 2 aliphatic carbocycles. The second-order valence-electron chi connectivity index (χ2n) is 7.39. The fourth-order valence-corrected chi connectivity index (χ4v) is 3.04. The summed E-state index contributed by atoms with van der Waals surface area (Å²) < 4.78 is 5.59. The molecule has 1 amide bonds. The third-order valence-electron chi connectivity index (χ3n) is 4.37. The van der Waals surface area contributed by atoms with Crippen LogP contribution in [0.1, 0.15) is 46.5 Å². The van der Waals surface area contributed by atoms with Crippen LogP contribution in [0.2, 0.25) is 0 Å². The van der Waals surface area contributed by atoms with Crippen LogP contribution in [0.15, 0.2) is 0 Å². The topological polar surface area (TPSA) is 41.6 Å². The van der Waals surface area contributed by atoms with Gasteiger partial charge in [-0.3, -0.25) is 0 Å². The number of nitrogens with one attached hydrogen (secondary N) is 1. The van der Waals surface area contributed by atoms with Crippen LogP contribution in [-0.2, 0) is 4.74 Å². The number of nitrogens with zero attached hydrogens (tertiary/aromatic N) is 1. The van der Waals surface area contributed by atoms with E-state index < -0.39 is 5.60 Å². The summed E-state index contributed by atoms with van der Waals surface area (Å²) in [6.07, 6.45) is 5.04. The van der Waals surface area contributed by atoms with Gasteiger partial charge in [-0.2, -0.15) is 0 Å². The Kier molecular flexibility index (Phi) is 3.24. The number of piperazine rings is 1. The molecule has 4 heteroatoms. The predicted octanol–water partition coefficient (Wildman–Crippen LogP) is 2.38. The van der Waals surface area contributed by atoms with Crippen molar-refractivity contribution in [2.45, 2.75) is 64.1 Å². The second-order valence-corrected chi connectivity index (χ2v) is 7.39. The molecule has 3 fully saturated rings. The van der Waals surface area contributed by atoms with Crippen molar-refractivity contribution in [2.75, 3.05) is 13.1 Å². The van der Waals surface area contributed by atoms with Crippen LogP contribution in [0, 0.1) is 11.8 Å². The molecule has 0 aromatic rings. The lowest BCUT2D eigenvalue weighted by atomic mass is 10.0. The van der Waals surface area contributed by atoms with Crippen molar-refractivity contribution in [3.8, 4) is 0 Å². The van der Waals surface area contributed by atoms with Crippen molar-refractivity contribution in [1.82, 2.24) is 10.2 Å². The first kappa shape index (κ1) is 13.2. The van der Waals surface area contributed by atoms with Crippen LogP contribution in [0.3, 0.4) is 0 Å². The minimum atomic E-state index is -0.398. The summed E-state index contributed by atoms with van der Waals surface area (Å²) in [6, 6.07) is 0.840. The van der Waals surface area contributed by atoms with E-state index in [4.69, 9.17) is 4.74 Å². The second kappa shape index (κ2) is 4.65. The number of hydrogen-bond donors (Lipinski definition) is 1. The van der Waals surface area contributed by atoms with E-state index in [1.807, 2.05) is 25.7 Å². The number of carbonyl (C=O) groups excluding carboxylic acids is 1. The van der Waals surface area contributed by atoms with Crippen molar-refractivity contribution in [1.29, 1.82) is 0 Å². The molecule has 108 valence electrons. The monoisotopic (exact) mass is 266 g/mol. The van der Waals surface area contributed by atoms with Gasteiger partial charge >= 0.3 is 6.09 Å². The van der Waals surface area contributed by atoms with E-state index in [9.17, 15) is 4.79 Å². The van der Waals surface area contributed by atoms with Crippen molar-refractivity contribution < 1.29 is 9.53 Å². The van der Waals surface area contributed by atoms with E-state index in [-0.39, 0.29) is 6.09 Å². The van der Waals surface area contributed by atoms with Gasteiger partial charge in [-0.15, -0.1) is 0 Å². The van der Waals surface area contributed by atoms with E-state index in [0.717, 1.165) is 19.0 Å². The van der Waals surface area contributed by atoms with E-state index in [0.29, 0.717) is 18.0 Å². The van der Waals surface area contributed by atoms with Gasteiger partial charge in [0.15, 0.2) is 0 Å². The SMILES string of the molecule is CC(C)(C)OC(=O)N1C[C@H](C2CC2)NC[C@H]1C1CC1. The minimum Gasteiger partial charge on any atom is -0.444 e. The lowest BCUT2D eigenvalue weighted by molar-refractivity contribution is 0.00348. The van der Waals surface area contributed by atoms with Gasteiger partial charge in [0.05, 0.1) is 6.04 Å². The highest BCUT2D eigenvalue weighted by Crippen LogP contribution is 2.40. The Labute approximate surface area is 115 Å². The molecule has 1 N–H and O–H groups in total. The van der Waals surface area contributed by atoms with E-state index in [1.165, 1.54) is 25.7 Å². The quantitative estimate of drug-likeness (QED) is 0.834. The first-order valence-electron chi connectivity index (χ1n) is 7.67. The average molecular weight is 266 g/mol. The highest BCUT2D eigenvalue weighted by molar-refractivity contribution is 5.69.